The second-order valence-corrected chi connectivity index (χ2v) is 4.12. The smallest absolute Gasteiger partial charge is 0.161 e. The van der Waals surface area contributed by atoms with Gasteiger partial charge in [-0.3, -0.25) is 4.79 Å². The Morgan fingerprint density at radius 2 is 2.10 bits per heavy atom. The molecule has 1 unspecified atom stereocenters. The molecule has 7 heteroatoms. The minimum Gasteiger partial charge on any atom is -0.497 e. The van der Waals surface area contributed by atoms with Gasteiger partial charge >= 0.3 is 0 Å². The van der Waals surface area contributed by atoms with Crippen LogP contribution in [-0.2, 0) is 16.1 Å². The lowest BCUT2D eigenvalue weighted by atomic mass is 10.1. The molecule has 108 valence electrons. The predicted molar refractivity (Wildman–Crippen MR) is 71.2 cm³/mol. The number of azide groups is 1. The Labute approximate surface area is 116 Å². The normalized spacial score (nSPS) is 13.2. The average molecular weight is 281 g/mol. The minimum absolute atomic E-state index is 0.0882. The van der Waals surface area contributed by atoms with E-state index in [2.05, 4.69) is 10.0 Å². The zero-order valence-corrected chi connectivity index (χ0v) is 11.3. The molecule has 2 atom stereocenters. The van der Waals surface area contributed by atoms with Gasteiger partial charge in [-0.05, 0) is 30.2 Å². The van der Waals surface area contributed by atoms with Gasteiger partial charge in [0.05, 0.1) is 20.3 Å². The molecule has 0 radical (unpaired) electrons. The maximum absolute atomic E-state index is 13.7. The third-order valence-electron chi connectivity index (χ3n) is 2.64. The van der Waals surface area contributed by atoms with Gasteiger partial charge < -0.3 is 9.47 Å². The summed E-state index contributed by atoms with van der Waals surface area (Å²) in [4.78, 5) is 13.8. The number of hydrogen-bond donors (Lipinski definition) is 0. The first kappa shape index (κ1) is 15.9. The standard InChI is InChI=1S/C13H16FN3O3/c1-9(18)13(12(14)7-16-17-15)20-8-10-3-5-11(19-2)6-4-10/h3-6,12-13H,7-8H2,1-2H3/t12-,13?/m1/s1. The van der Waals surface area contributed by atoms with Crippen LogP contribution in [0.4, 0.5) is 4.39 Å². The van der Waals surface area contributed by atoms with E-state index in [1.54, 1.807) is 31.4 Å². The summed E-state index contributed by atoms with van der Waals surface area (Å²) in [6.45, 7) is 0.898. The second kappa shape index (κ2) is 8.14. The highest BCUT2D eigenvalue weighted by atomic mass is 19.1. The molecule has 0 saturated heterocycles. The Morgan fingerprint density at radius 1 is 1.45 bits per heavy atom. The van der Waals surface area contributed by atoms with Crippen molar-refractivity contribution in [2.75, 3.05) is 13.7 Å². The first-order valence-corrected chi connectivity index (χ1v) is 5.98. The summed E-state index contributed by atoms with van der Waals surface area (Å²) in [7, 11) is 1.56. The highest BCUT2D eigenvalue weighted by Crippen LogP contribution is 2.14. The zero-order valence-electron chi connectivity index (χ0n) is 11.3. The van der Waals surface area contributed by atoms with E-state index in [0.29, 0.717) is 5.75 Å². The summed E-state index contributed by atoms with van der Waals surface area (Å²) >= 11 is 0. The number of alkyl halides is 1. The molecule has 0 bridgehead atoms. The highest BCUT2D eigenvalue weighted by Gasteiger charge is 2.25. The summed E-state index contributed by atoms with van der Waals surface area (Å²) in [6, 6.07) is 7.01. The summed E-state index contributed by atoms with van der Waals surface area (Å²) in [6.07, 6.45) is -2.88. The molecule has 0 amide bonds. The largest absolute Gasteiger partial charge is 0.497 e. The number of carbonyl (C=O) groups excluding carboxylic acids is 1. The van der Waals surface area contributed by atoms with Crippen molar-refractivity contribution in [3.63, 3.8) is 0 Å². The highest BCUT2D eigenvalue weighted by molar-refractivity contribution is 5.81. The molecular weight excluding hydrogens is 265 g/mol. The van der Waals surface area contributed by atoms with Gasteiger partial charge in [0.15, 0.2) is 5.78 Å². The molecule has 20 heavy (non-hydrogen) atoms. The van der Waals surface area contributed by atoms with E-state index in [-0.39, 0.29) is 6.61 Å². The van der Waals surface area contributed by atoms with Crippen LogP contribution in [-0.4, -0.2) is 31.7 Å². The predicted octanol–water partition coefficient (Wildman–Crippen LogP) is 2.82. The van der Waals surface area contributed by atoms with Gasteiger partial charge in [0, 0.05) is 4.91 Å². The third kappa shape index (κ3) is 4.87. The van der Waals surface area contributed by atoms with E-state index < -0.39 is 24.6 Å². The van der Waals surface area contributed by atoms with E-state index in [1.165, 1.54) is 6.92 Å². The van der Waals surface area contributed by atoms with Crippen LogP contribution in [0, 0.1) is 0 Å². The number of ketones is 1. The number of rotatable bonds is 8. The molecule has 0 aliphatic rings. The number of ether oxygens (including phenoxy) is 2. The fourth-order valence-electron chi connectivity index (χ4n) is 1.59. The molecule has 1 aromatic carbocycles. The van der Waals surface area contributed by atoms with Crippen LogP contribution in [0.15, 0.2) is 29.4 Å². The van der Waals surface area contributed by atoms with Gasteiger partial charge in [0.2, 0.25) is 0 Å². The SMILES string of the molecule is COc1ccc(COC(C(C)=O)[C@H](F)CN=[N+]=[N-])cc1. The third-order valence-corrected chi connectivity index (χ3v) is 2.64. The van der Waals surface area contributed by atoms with Crippen LogP contribution in [0.25, 0.3) is 10.4 Å². The van der Waals surface area contributed by atoms with Crippen LogP contribution >= 0.6 is 0 Å². The van der Waals surface area contributed by atoms with Crippen molar-refractivity contribution in [1.82, 2.24) is 0 Å². The molecule has 0 fully saturated rings. The number of halogens is 1. The van der Waals surface area contributed by atoms with Gasteiger partial charge in [-0.1, -0.05) is 17.2 Å². The topological polar surface area (TPSA) is 84.3 Å². The van der Waals surface area contributed by atoms with Gasteiger partial charge in [-0.2, -0.15) is 0 Å². The minimum atomic E-state index is -1.65. The van der Waals surface area contributed by atoms with Crippen molar-refractivity contribution in [2.45, 2.75) is 25.8 Å². The second-order valence-electron chi connectivity index (χ2n) is 4.12. The quantitative estimate of drug-likeness (QED) is 0.417. The number of benzene rings is 1. The van der Waals surface area contributed by atoms with Gasteiger partial charge in [0.1, 0.15) is 18.0 Å². The fraction of sp³-hybridized carbons (Fsp3) is 0.462. The maximum Gasteiger partial charge on any atom is 0.161 e. The van der Waals surface area contributed by atoms with E-state index in [9.17, 15) is 9.18 Å². The van der Waals surface area contributed by atoms with Crippen LogP contribution in [0.1, 0.15) is 12.5 Å². The van der Waals surface area contributed by atoms with Crippen molar-refractivity contribution in [3.05, 3.63) is 40.3 Å². The lowest BCUT2D eigenvalue weighted by Crippen LogP contribution is -2.34. The van der Waals surface area contributed by atoms with Crippen LogP contribution in [0.3, 0.4) is 0 Å². The maximum atomic E-state index is 13.7. The van der Waals surface area contributed by atoms with Crippen molar-refractivity contribution in [1.29, 1.82) is 0 Å². The molecule has 1 rings (SSSR count). The Balaban J connectivity index is 2.61. The molecule has 0 saturated carbocycles. The first-order chi connectivity index (χ1) is 9.58. The first-order valence-electron chi connectivity index (χ1n) is 5.98. The molecule has 0 aromatic heterocycles. The van der Waals surface area contributed by atoms with Crippen LogP contribution in [0.5, 0.6) is 5.75 Å². The van der Waals surface area contributed by atoms with Crippen LogP contribution < -0.4 is 4.74 Å². The average Bonchev–Trinajstić information content (AvgIpc) is 2.45. The summed E-state index contributed by atoms with van der Waals surface area (Å²) in [5.41, 5.74) is 8.93. The molecule has 1 aromatic rings. The van der Waals surface area contributed by atoms with E-state index in [4.69, 9.17) is 15.0 Å². The van der Waals surface area contributed by atoms with Crippen molar-refractivity contribution < 1.29 is 18.7 Å². The Bertz CT molecular complexity index is 486. The molecule has 6 nitrogen and oxygen atoms in total. The van der Waals surface area contributed by atoms with Gasteiger partial charge in [-0.15, -0.1) is 0 Å². The molecule has 0 spiro atoms. The lowest BCUT2D eigenvalue weighted by molar-refractivity contribution is -0.133. The van der Waals surface area contributed by atoms with E-state index >= 15 is 0 Å². The van der Waals surface area contributed by atoms with E-state index in [1.807, 2.05) is 0 Å². The van der Waals surface area contributed by atoms with Gasteiger partial charge in [-0.25, -0.2) is 4.39 Å². The molecular formula is C13H16FN3O3. The fourth-order valence-corrected chi connectivity index (χ4v) is 1.59. The molecule has 0 aliphatic heterocycles. The van der Waals surface area contributed by atoms with E-state index in [0.717, 1.165) is 5.56 Å². The van der Waals surface area contributed by atoms with Crippen LogP contribution in [0.2, 0.25) is 0 Å². The zero-order chi connectivity index (χ0) is 15.0. The number of Topliss-reactive ketones (excluding diaryl/α,β-unsaturated/α-hetero) is 1. The Kier molecular flexibility index (Phi) is 6.49. The van der Waals surface area contributed by atoms with Gasteiger partial charge in [0.25, 0.3) is 0 Å². The summed E-state index contributed by atoms with van der Waals surface area (Å²) in [5, 5.41) is 3.11. The summed E-state index contributed by atoms with van der Waals surface area (Å²) in [5.74, 6) is 0.253. The monoisotopic (exact) mass is 281 g/mol. The number of hydrogen-bond acceptors (Lipinski definition) is 4. The Morgan fingerprint density at radius 3 is 2.60 bits per heavy atom. The molecule has 0 N–H and O–H groups in total. The summed E-state index contributed by atoms with van der Waals surface area (Å²) < 4.78 is 24.0. The number of nitrogens with zero attached hydrogens (tertiary/aromatic N) is 3. The number of carbonyl (C=O) groups is 1. The number of methoxy groups -OCH3 is 1. The van der Waals surface area contributed by atoms with Crippen molar-refractivity contribution in [2.24, 2.45) is 5.11 Å². The lowest BCUT2D eigenvalue weighted by Gasteiger charge is -2.18. The molecule has 0 heterocycles. The van der Waals surface area contributed by atoms with Crippen molar-refractivity contribution in [3.8, 4) is 5.75 Å². The molecule has 0 aliphatic carbocycles. The van der Waals surface area contributed by atoms with Crippen molar-refractivity contribution >= 4 is 5.78 Å². The Hall–Kier alpha value is -2.11.